The number of hydrogen-bond donors (Lipinski definition) is 1. The molecule has 2 aromatic rings. The number of aryl methyl sites for hydroxylation is 1. The van der Waals surface area contributed by atoms with Crippen molar-refractivity contribution < 1.29 is 9.53 Å². The van der Waals surface area contributed by atoms with E-state index in [9.17, 15) is 4.79 Å². The van der Waals surface area contributed by atoms with E-state index in [1.807, 2.05) is 31.2 Å². The van der Waals surface area contributed by atoms with Gasteiger partial charge in [-0.15, -0.1) is 10.2 Å². The van der Waals surface area contributed by atoms with Crippen molar-refractivity contribution in [1.82, 2.24) is 10.2 Å². The molecule has 5 nitrogen and oxygen atoms in total. The molecule has 0 saturated carbocycles. The second-order valence-corrected chi connectivity index (χ2v) is 6.16. The number of rotatable bonds is 6. The normalized spacial score (nSPS) is 10.3. The van der Waals surface area contributed by atoms with Crippen molar-refractivity contribution in [2.75, 3.05) is 17.7 Å². The molecule has 0 aliphatic carbocycles. The fourth-order valence-electron chi connectivity index (χ4n) is 1.49. The smallest absolute Gasteiger partial charge is 0.316 e. The lowest BCUT2D eigenvalue weighted by atomic mass is 10.2. The van der Waals surface area contributed by atoms with E-state index in [0.717, 1.165) is 10.0 Å². The van der Waals surface area contributed by atoms with Crippen LogP contribution in [0.15, 0.2) is 28.6 Å². The molecule has 106 valence electrons. The van der Waals surface area contributed by atoms with Crippen molar-refractivity contribution >= 4 is 39.9 Å². The summed E-state index contributed by atoms with van der Waals surface area (Å²) in [4.78, 5) is 11.2. The molecule has 0 aliphatic rings. The molecule has 1 aromatic heterocycles. The molecule has 0 unspecified atom stereocenters. The highest BCUT2D eigenvalue weighted by molar-refractivity contribution is 8.01. The van der Waals surface area contributed by atoms with Crippen molar-refractivity contribution in [3.8, 4) is 0 Å². The third-order valence-electron chi connectivity index (χ3n) is 2.29. The molecule has 7 heteroatoms. The molecule has 1 aromatic carbocycles. The Morgan fingerprint density at radius 1 is 1.45 bits per heavy atom. The maximum absolute atomic E-state index is 11.2. The van der Waals surface area contributed by atoms with Gasteiger partial charge in [-0.1, -0.05) is 35.2 Å². The van der Waals surface area contributed by atoms with E-state index in [-0.39, 0.29) is 11.7 Å². The molecular weight excluding hydrogens is 294 g/mol. The quantitative estimate of drug-likeness (QED) is 0.653. The van der Waals surface area contributed by atoms with Crippen molar-refractivity contribution in [1.29, 1.82) is 0 Å². The van der Waals surface area contributed by atoms with Crippen LogP contribution in [-0.4, -0.2) is 28.5 Å². The van der Waals surface area contributed by atoms with Gasteiger partial charge in [-0.3, -0.25) is 4.79 Å². The van der Waals surface area contributed by atoms with Gasteiger partial charge in [0.2, 0.25) is 5.13 Å². The van der Waals surface area contributed by atoms with Gasteiger partial charge in [0.25, 0.3) is 0 Å². The maximum atomic E-state index is 11.2. The number of nitrogens with one attached hydrogen (secondary N) is 1. The first kappa shape index (κ1) is 14.8. The monoisotopic (exact) mass is 309 g/mol. The Labute approximate surface area is 125 Å². The van der Waals surface area contributed by atoms with Gasteiger partial charge in [0.05, 0.1) is 12.4 Å². The highest BCUT2D eigenvalue weighted by Crippen LogP contribution is 2.27. The second kappa shape index (κ2) is 7.25. The molecule has 1 N–H and O–H groups in total. The minimum atomic E-state index is -0.235. The fraction of sp³-hybridized carbons (Fsp3) is 0.308. The molecule has 1 heterocycles. The first-order valence-corrected chi connectivity index (χ1v) is 7.93. The van der Waals surface area contributed by atoms with Gasteiger partial charge < -0.3 is 10.1 Å². The van der Waals surface area contributed by atoms with Gasteiger partial charge in [-0.25, -0.2) is 0 Å². The van der Waals surface area contributed by atoms with Gasteiger partial charge in [0.1, 0.15) is 0 Å². The average Bonchev–Trinajstić information content (AvgIpc) is 2.84. The van der Waals surface area contributed by atoms with Crippen LogP contribution in [0.5, 0.6) is 0 Å². The lowest BCUT2D eigenvalue weighted by molar-refractivity contribution is -0.139. The molecule has 0 spiro atoms. The Hall–Kier alpha value is -1.60. The molecule has 0 atom stereocenters. The summed E-state index contributed by atoms with van der Waals surface area (Å²) in [6, 6.07) is 8.02. The van der Waals surface area contributed by atoms with E-state index in [1.165, 1.54) is 28.7 Å². The summed E-state index contributed by atoms with van der Waals surface area (Å²) in [7, 11) is 0. The van der Waals surface area contributed by atoms with Crippen molar-refractivity contribution in [2.45, 2.75) is 18.2 Å². The predicted octanol–water partition coefficient (Wildman–Crippen LogP) is 3.25. The number of esters is 1. The van der Waals surface area contributed by atoms with Crippen molar-refractivity contribution in [3.05, 3.63) is 29.8 Å². The number of carbonyl (C=O) groups is 1. The molecular formula is C13H15N3O2S2. The summed E-state index contributed by atoms with van der Waals surface area (Å²) in [6.07, 6.45) is 0. The zero-order valence-electron chi connectivity index (χ0n) is 11.3. The Kier molecular flexibility index (Phi) is 5.37. The minimum absolute atomic E-state index is 0.235. The Morgan fingerprint density at radius 3 is 3.05 bits per heavy atom. The number of hydrogen-bond acceptors (Lipinski definition) is 7. The topological polar surface area (TPSA) is 64.1 Å². The summed E-state index contributed by atoms with van der Waals surface area (Å²) in [5.74, 6) is 0.0216. The van der Waals surface area contributed by atoms with Crippen LogP contribution in [0.1, 0.15) is 12.5 Å². The molecule has 0 aliphatic heterocycles. The Bertz CT molecular complexity index is 587. The van der Waals surface area contributed by atoms with Crippen LogP contribution >= 0.6 is 23.1 Å². The van der Waals surface area contributed by atoms with E-state index >= 15 is 0 Å². The zero-order chi connectivity index (χ0) is 14.4. The van der Waals surface area contributed by atoms with Gasteiger partial charge >= 0.3 is 5.97 Å². The average molecular weight is 309 g/mol. The number of nitrogens with zero attached hydrogens (tertiary/aromatic N) is 2. The largest absolute Gasteiger partial charge is 0.465 e. The molecule has 20 heavy (non-hydrogen) atoms. The third-order valence-corrected chi connectivity index (χ3v) is 4.24. The van der Waals surface area contributed by atoms with E-state index < -0.39 is 0 Å². The molecule has 0 bridgehead atoms. The predicted molar refractivity (Wildman–Crippen MR) is 81.7 cm³/mol. The van der Waals surface area contributed by atoms with E-state index in [0.29, 0.717) is 11.7 Å². The summed E-state index contributed by atoms with van der Waals surface area (Å²) in [5.41, 5.74) is 2.15. The first-order chi connectivity index (χ1) is 9.67. The third kappa shape index (κ3) is 4.50. The lowest BCUT2D eigenvalue weighted by Gasteiger charge is -2.01. The highest BCUT2D eigenvalue weighted by atomic mass is 32.2. The Balaban J connectivity index is 1.90. The van der Waals surface area contributed by atoms with Crippen molar-refractivity contribution in [2.24, 2.45) is 0 Å². The van der Waals surface area contributed by atoms with E-state index in [1.54, 1.807) is 6.92 Å². The van der Waals surface area contributed by atoms with Crippen molar-refractivity contribution in [3.63, 3.8) is 0 Å². The van der Waals surface area contributed by atoms with Gasteiger partial charge in [0, 0.05) is 5.69 Å². The summed E-state index contributed by atoms with van der Waals surface area (Å²) >= 11 is 2.75. The number of thioether (sulfide) groups is 1. The maximum Gasteiger partial charge on any atom is 0.316 e. The van der Waals surface area contributed by atoms with Gasteiger partial charge in [-0.2, -0.15) is 0 Å². The summed E-state index contributed by atoms with van der Waals surface area (Å²) < 4.78 is 5.60. The summed E-state index contributed by atoms with van der Waals surface area (Å²) in [5, 5.41) is 12.0. The van der Waals surface area contributed by atoms with Crippen LogP contribution in [0, 0.1) is 6.92 Å². The van der Waals surface area contributed by atoms with Crippen LogP contribution in [0.3, 0.4) is 0 Å². The fourth-order valence-corrected chi connectivity index (χ4v) is 3.06. The van der Waals surface area contributed by atoms with Crippen LogP contribution in [-0.2, 0) is 9.53 Å². The van der Waals surface area contributed by atoms with Gasteiger partial charge in [-0.05, 0) is 31.5 Å². The number of ether oxygens (including phenoxy) is 1. The molecule has 0 amide bonds. The second-order valence-electron chi connectivity index (χ2n) is 3.96. The van der Waals surface area contributed by atoms with E-state index in [2.05, 4.69) is 15.5 Å². The number of aromatic nitrogens is 2. The van der Waals surface area contributed by atoms with Crippen LogP contribution in [0.25, 0.3) is 0 Å². The number of anilines is 2. The number of benzene rings is 1. The Morgan fingerprint density at radius 2 is 2.30 bits per heavy atom. The molecule has 0 radical (unpaired) electrons. The molecule has 2 rings (SSSR count). The molecule has 0 fully saturated rings. The zero-order valence-corrected chi connectivity index (χ0v) is 12.9. The highest BCUT2D eigenvalue weighted by Gasteiger charge is 2.08. The summed E-state index contributed by atoms with van der Waals surface area (Å²) in [6.45, 7) is 4.22. The van der Waals surface area contributed by atoms with E-state index in [4.69, 9.17) is 4.74 Å². The standard InChI is InChI=1S/C13H15N3O2S2/c1-3-18-11(17)8-19-13-16-15-12(20-13)14-10-6-4-5-9(2)7-10/h4-7H,3,8H2,1-2H3,(H,14,15). The van der Waals surface area contributed by atoms with Gasteiger partial charge in [0.15, 0.2) is 4.34 Å². The number of carbonyl (C=O) groups excluding carboxylic acids is 1. The van der Waals surface area contributed by atoms with Crippen LogP contribution < -0.4 is 5.32 Å². The van der Waals surface area contributed by atoms with Crippen LogP contribution in [0.2, 0.25) is 0 Å². The lowest BCUT2D eigenvalue weighted by Crippen LogP contribution is -2.06. The SMILES string of the molecule is CCOC(=O)CSc1nnc(Nc2cccc(C)c2)s1. The van der Waals surface area contributed by atoms with Crippen LogP contribution in [0.4, 0.5) is 10.8 Å². The first-order valence-electron chi connectivity index (χ1n) is 6.13. The minimum Gasteiger partial charge on any atom is -0.465 e. The molecule has 0 saturated heterocycles.